The minimum atomic E-state index is -0.708. The molecule has 1 atom stereocenters. The zero-order valence-electron chi connectivity index (χ0n) is 11.7. The number of hydrogen-bond donors (Lipinski definition) is 0. The fourth-order valence-corrected chi connectivity index (χ4v) is 1.47. The summed E-state index contributed by atoms with van der Waals surface area (Å²) in [5.74, 6) is -1.26. The van der Waals surface area contributed by atoms with E-state index in [9.17, 15) is 9.59 Å². The van der Waals surface area contributed by atoms with Crippen LogP contribution < -0.4 is 0 Å². The quantitative estimate of drug-likeness (QED) is 0.407. The van der Waals surface area contributed by atoms with Crippen LogP contribution in [-0.2, 0) is 14.3 Å². The first-order valence-electron chi connectivity index (χ1n) is 6.13. The van der Waals surface area contributed by atoms with E-state index in [0.717, 1.165) is 5.57 Å². The number of carbonyl (C=O) groups excluding carboxylic acids is 2. The lowest BCUT2D eigenvalue weighted by molar-refractivity contribution is -0.159. The van der Waals surface area contributed by atoms with Crippen molar-refractivity contribution in [1.82, 2.24) is 0 Å². The number of ketones is 1. The van der Waals surface area contributed by atoms with Crippen LogP contribution in [-0.4, -0.2) is 17.9 Å². The zero-order chi connectivity index (χ0) is 13.6. The molecule has 0 bridgehead atoms. The van der Waals surface area contributed by atoms with Gasteiger partial charge in [-0.1, -0.05) is 25.5 Å². The van der Waals surface area contributed by atoms with Crippen LogP contribution in [0.15, 0.2) is 11.6 Å². The number of esters is 1. The number of ether oxygens (including phenoxy) is 1. The first-order valence-corrected chi connectivity index (χ1v) is 6.13. The van der Waals surface area contributed by atoms with E-state index in [0.29, 0.717) is 6.42 Å². The summed E-state index contributed by atoms with van der Waals surface area (Å²) in [4.78, 5) is 23.5. The Hall–Kier alpha value is -1.12. The number of allylic oxidation sites excluding steroid dienone is 2. The predicted octanol–water partition coefficient (Wildman–Crippen LogP) is 3.14. The summed E-state index contributed by atoms with van der Waals surface area (Å²) < 4.78 is 4.94. The maximum Gasteiger partial charge on any atom is 0.375 e. The van der Waals surface area contributed by atoms with Gasteiger partial charge in [-0.25, -0.2) is 4.79 Å². The van der Waals surface area contributed by atoms with Crippen LogP contribution in [0.1, 0.15) is 48.0 Å². The normalized spacial score (nSPS) is 12.5. The maximum absolute atomic E-state index is 11.9. The second-order valence-electron chi connectivity index (χ2n) is 5.19. The lowest BCUT2D eigenvalue weighted by Gasteiger charge is -2.18. The van der Waals surface area contributed by atoms with Crippen LogP contribution in [0, 0.1) is 11.8 Å². The maximum atomic E-state index is 11.9. The summed E-state index contributed by atoms with van der Waals surface area (Å²) in [6, 6.07) is 0. The van der Waals surface area contributed by atoms with Crippen molar-refractivity contribution in [3.63, 3.8) is 0 Å². The van der Waals surface area contributed by atoms with Crippen molar-refractivity contribution < 1.29 is 14.3 Å². The highest BCUT2D eigenvalue weighted by Crippen LogP contribution is 2.19. The summed E-state index contributed by atoms with van der Waals surface area (Å²) in [5.41, 5.74) is 1.15. The third-order valence-corrected chi connectivity index (χ3v) is 2.47. The molecule has 0 fully saturated rings. The van der Waals surface area contributed by atoms with E-state index in [1.165, 1.54) is 0 Å². The Bertz CT molecular complexity index is 297. The van der Waals surface area contributed by atoms with Gasteiger partial charge in [0.1, 0.15) is 0 Å². The highest BCUT2D eigenvalue weighted by Gasteiger charge is 2.28. The molecule has 0 aromatic heterocycles. The number of Topliss-reactive ketones (excluding diaryl/α,β-unsaturated/α-hetero) is 1. The van der Waals surface area contributed by atoms with Crippen LogP contribution in [0.3, 0.4) is 0 Å². The summed E-state index contributed by atoms with van der Waals surface area (Å²) >= 11 is 0. The molecule has 0 aromatic carbocycles. The smallest absolute Gasteiger partial charge is 0.375 e. The molecule has 17 heavy (non-hydrogen) atoms. The van der Waals surface area contributed by atoms with Crippen LogP contribution in [0.2, 0.25) is 0 Å². The van der Waals surface area contributed by atoms with Gasteiger partial charge in [0.15, 0.2) is 0 Å². The molecule has 0 N–H and O–H groups in total. The summed E-state index contributed by atoms with van der Waals surface area (Å²) in [7, 11) is 0. The minimum absolute atomic E-state index is 0.137. The first-order chi connectivity index (χ1) is 7.75. The molecule has 98 valence electrons. The van der Waals surface area contributed by atoms with Gasteiger partial charge in [0.2, 0.25) is 5.78 Å². The van der Waals surface area contributed by atoms with Gasteiger partial charge < -0.3 is 4.74 Å². The van der Waals surface area contributed by atoms with E-state index in [1.807, 2.05) is 33.8 Å². The molecule has 0 heterocycles. The summed E-state index contributed by atoms with van der Waals surface area (Å²) in [6.45, 7) is 11.3. The van der Waals surface area contributed by atoms with Gasteiger partial charge in [0.05, 0.1) is 6.10 Å². The van der Waals surface area contributed by atoms with Crippen LogP contribution >= 0.6 is 0 Å². The molecule has 0 saturated carbocycles. The molecule has 0 aliphatic rings. The second-order valence-corrected chi connectivity index (χ2v) is 5.19. The van der Waals surface area contributed by atoms with Gasteiger partial charge in [-0.05, 0) is 40.0 Å². The van der Waals surface area contributed by atoms with Gasteiger partial charge in [-0.2, -0.15) is 0 Å². The van der Waals surface area contributed by atoms with E-state index < -0.39 is 11.8 Å². The molecule has 0 rings (SSSR count). The van der Waals surface area contributed by atoms with Gasteiger partial charge >= 0.3 is 5.97 Å². The molecule has 3 nitrogen and oxygen atoms in total. The van der Waals surface area contributed by atoms with Crippen molar-refractivity contribution in [3.05, 3.63) is 11.6 Å². The fraction of sp³-hybridized carbons (Fsp3) is 0.714. The number of carbonyl (C=O) groups is 2. The molecule has 0 amide bonds. The molecular formula is C14H24O3. The molecule has 0 saturated heterocycles. The lowest BCUT2D eigenvalue weighted by atomic mass is 9.88. The number of hydrogen-bond acceptors (Lipinski definition) is 3. The van der Waals surface area contributed by atoms with E-state index in [4.69, 9.17) is 4.74 Å². The Morgan fingerprint density at radius 3 is 2.00 bits per heavy atom. The highest BCUT2D eigenvalue weighted by molar-refractivity contribution is 6.34. The lowest BCUT2D eigenvalue weighted by Crippen LogP contribution is -2.30. The molecule has 0 aliphatic heterocycles. The molecule has 0 aromatic rings. The average Bonchev–Trinajstić information content (AvgIpc) is 2.15. The SMILES string of the molecule is CC(C)=CCC(C(=O)C(=O)OC(C)C)C(C)C. The standard InChI is InChI=1S/C14H24O3/c1-9(2)7-8-12(10(3)4)13(15)14(16)17-11(5)6/h7,10-12H,8H2,1-6H3. The van der Waals surface area contributed by atoms with Crippen molar-refractivity contribution in [2.24, 2.45) is 11.8 Å². The topological polar surface area (TPSA) is 43.4 Å². The van der Waals surface area contributed by atoms with E-state index in [1.54, 1.807) is 13.8 Å². The second kappa shape index (κ2) is 7.25. The fourth-order valence-electron chi connectivity index (χ4n) is 1.47. The third kappa shape index (κ3) is 6.25. The van der Waals surface area contributed by atoms with Crippen molar-refractivity contribution in [1.29, 1.82) is 0 Å². The first kappa shape index (κ1) is 15.9. The van der Waals surface area contributed by atoms with Crippen molar-refractivity contribution >= 4 is 11.8 Å². The molecule has 0 radical (unpaired) electrons. The molecule has 1 unspecified atom stereocenters. The molecule has 3 heteroatoms. The highest BCUT2D eigenvalue weighted by atomic mass is 16.5. The van der Waals surface area contributed by atoms with E-state index in [-0.39, 0.29) is 17.9 Å². The largest absolute Gasteiger partial charge is 0.457 e. The zero-order valence-corrected chi connectivity index (χ0v) is 11.7. The van der Waals surface area contributed by atoms with E-state index >= 15 is 0 Å². The van der Waals surface area contributed by atoms with E-state index in [2.05, 4.69) is 0 Å². The Balaban J connectivity index is 4.66. The van der Waals surface area contributed by atoms with Gasteiger partial charge in [-0.3, -0.25) is 4.79 Å². The van der Waals surface area contributed by atoms with Gasteiger partial charge in [-0.15, -0.1) is 0 Å². The minimum Gasteiger partial charge on any atom is -0.457 e. The molecule has 0 spiro atoms. The Labute approximate surface area is 104 Å². The van der Waals surface area contributed by atoms with Crippen LogP contribution in [0.25, 0.3) is 0 Å². The molecule has 0 aliphatic carbocycles. The Morgan fingerprint density at radius 2 is 1.65 bits per heavy atom. The van der Waals surface area contributed by atoms with Crippen molar-refractivity contribution in [3.8, 4) is 0 Å². The van der Waals surface area contributed by atoms with Gasteiger partial charge in [0, 0.05) is 5.92 Å². The molecular weight excluding hydrogens is 216 g/mol. The monoisotopic (exact) mass is 240 g/mol. The Kier molecular flexibility index (Phi) is 6.78. The van der Waals surface area contributed by atoms with Crippen LogP contribution in [0.5, 0.6) is 0 Å². The Morgan fingerprint density at radius 1 is 1.12 bits per heavy atom. The van der Waals surface area contributed by atoms with Crippen molar-refractivity contribution in [2.75, 3.05) is 0 Å². The van der Waals surface area contributed by atoms with Gasteiger partial charge in [0.25, 0.3) is 0 Å². The predicted molar refractivity (Wildman–Crippen MR) is 68.6 cm³/mol. The number of rotatable bonds is 6. The summed E-state index contributed by atoms with van der Waals surface area (Å²) in [6.07, 6.45) is 2.35. The third-order valence-electron chi connectivity index (χ3n) is 2.47. The average molecular weight is 240 g/mol. The van der Waals surface area contributed by atoms with Crippen LogP contribution in [0.4, 0.5) is 0 Å². The van der Waals surface area contributed by atoms with Crippen molar-refractivity contribution in [2.45, 2.75) is 54.1 Å². The summed E-state index contributed by atoms with van der Waals surface area (Å²) in [5, 5.41) is 0.